The number of hydrogen-bond donors (Lipinski definition) is 2. The second-order valence-corrected chi connectivity index (χ2v) is 5.95. The molecule has 0 unspecified atom stereocenters. The zero-order valence-electron chi connectivity index (χ0n) is 11.9. The SMILES string of the molecule is CC(C)N(C[C@H](C)O)C(=O)NCc1cc(F)cc(Br)c1. The van der Waals surface area contributed by atoms with Gasteiger partial charge in [-0.25, -0.2) is 9.18 Å². The molecule has 2 amide bonds. The van der Waals surface area contributed by atoms with Crippen LogP contribution < -0.4 is 5.32 Å². The van der Waals surface area contributed by atoms with E-state index in [1.807, 2.05) is 13.8 Å². The molecule has 1 aromatic carbocycles. The van der Waals surface area contributed by atoms with Crippen molar-refractivity contribution in [1.82, 2.24) is 10.2 Å². The van der Waals surface area contributed by atoms with Crippen LogP contribution in [0.5, 0.6) is 0 Å². The molecule has 1 rings (SSSR count). The number of halogens is 2. The predicted octanol–water partition coefficient (Wildman–Crippen LogP) is 2.89. The number of rotatable bonds is 5. The van der Waals surface area contributed by atoms with Crippen molar-refractivity contribution in [2.45, 2.75) is 39.5 Å². The highest BCUT2D eigenvalue weighted by Gasteiger charge is 2.18. The normalized spacial score (nSPS) is 12.3. The van der Waals surface area contributed by atoms with E-state index in [-0.39, 0.29) is 31.0 Å². The third-order valence-electron chi connectivity index (χ3n) is 2.71. The molecule has 0 saturated heterocycles. The van der Waals surface area contributed by atoms with Crippen molar-refractivity contribution < 1.29 is 14.3 Å². The number of nitrogens with zero attached hydrogens (tertiary/aromatic N) is 1. The molecule has 20 heavy (non-hydrogen) atoms. The van der Waals surface area contributed by atoms with Crippen LogP contribution >= 0.6 is 15.9 Å². The Bertz CT molecular complexity index is 446. The van der Waals surface area contributed by atoms with Gasteiger partial charge in [-0.1, -0.05) is 15.9 Å². The smallest absolute Gasteiger partial charge is 0.317 e. The van der Waals surface area contributed by atoms with Gasteiger partial charge in [-0.3, -0.25) is 0 Å². The average Bonchev–Trinajstić information content (AvgIpc) is 2.31. The second-order valence-electron chi connectivity index (χ2n) is 5.03. The fourth-order valence-electron chi connectivity index (χ4n) is 1.81. The molecule has 0 bridgehead atoms. The van der Waals surface area contributed by atoms with E-state index in [9.17, 15) is 14.3 Å². The van der Waals surface area contributed by atoms with Crippen LogP contribution in [0, 0.1) is 5.82 Å². The third-order valence-corrected chi connectivity index (χ3v) is 3.17. The van der Waals surface area contributed by atoms with E-state index in [1.54, 1.807) is 17.9 Å². The molecule has 0 aliphatic carbocycles. The number of benzene rings is 1. The first-order chi connectivity index (χ1) is 9.29. The van der Waals surface area contributed by atoms with Gasteiger partial charge in [0.1, 0.15) is 5.82 Å². The van der Waals surface area contributed by atoms with E-state index in [2.05, 4.69) is 21.2 Å². The van der Waals surface area contributed by atoms with Crippen molar-refractivity contribution in [2.24, 2.45) is 0 Å². The molecule has 0 radical (unpaired) electrons. The molecule has 4 nitrogen and oxygen atoms in total. The number of amides is 2. The largest absolute Gasteiger partial charge is 0.392 e. The van der Waals surface area contributed by atoms with Gasteiger partial charge >= 0.3 is 6.03 Å². The molecule has 0 spiro atoms. The van der Waals surface area contributed by atoms with Crippen LogP contribution in [0.2, 0.25) is 0 Å². The van der Waals surface area contributed by atoms with Crippen molar-refractivity contribution in [3.8, 4) is 0 Å². The maximum Gasteiger partial charge on any atom is 0.317 e. The molecular formula is C14H20BrFN2O2. The first-order valence-corrected chi connectivity index (χ1v) is 7.26. The summed E-state index contributed by atoms with van der Waals surface area (Å²) in [5.74, 6) is -0.353. The molecule has 0 fully saturated rings. The van der Waals surface area contributed by atoms with Crippen molar-refractivity contribution in [2.75, 3.05) is 6.54 Å². The van der Waals surface area contributed by atoms with E-state index < -0.39 is 6.10 Å². The maximum atomic E-state index is 13.2. The van der Waals surface area contributed by atoms with Gasteiger partial charge in [-0.05, 0) is 44.5 Å². The highest BCUT2D eigenvalue weighted by atomic mass is 79.9. The Morgan fingerprint density at radius 3 is 2.55 bits per heavy atom. The third kappa shape index (κ3) is 5.46. The van der Waals surface area contributed by atoms with Crippen LogP contribution in [0.1, 0.15) is 26.3 Å². The summed E-state index contributed by atoms with van der Waals surface area (Å²) < 4.78 is 13.9. The lowest BCUT2D eigenvalue weighted by molar-refractivity contribution is 0.118. The Hall–Kier alpha value is -1.14. The minimum atomic E-state index is -0.591. The monoisotopic (exact) mass is 346 g/mol. The summed E-state index contributed by atoms with van der Waals surface area (Å²) in [5, 5.41) is 12.1. The molecule has 1 atom stereocenters. The zero-order valence-corrected chi connectivity index (χ0v) is 13.4. The van der Waals surface area contributed by atoms with Crippen LogP contribution in [0.4, 0.5) is 9.18 Å². The molecule has 0 aliphatic rings. The van der Waals surface area contributed by atoms with Crippen LogP contribution in [0.3, 0.4) is 0 Å². The Balaban J connectivity index is 2.64. The Morgan fingerprint density at radius 1 is 1.40 bits per heavy atom. The van der Waals surface area contributed by atoms with Gasteiger partial charge in [0.15, 0.2) is 0 Å². The van der Waals surface area contributed by atoms with Crippen molar-refractivity contribution in [1.29, 1.82) is 0 Å². The van der Waals surface area contributed by atoms with E-state index in [1.165, 1.54) is 12.1 Å². The topological polar surface area (TPSA) is 52.6 Å². The summed E-state index contributed by atoms with van der Waals surface area (Å²) in [6.45, 7) is 5.88. The Morgan fingerprint density at radius 2 is 2.05 bits per heavy atom. The highest BCUT2D eigenvalue weighted by molar-refractivity contribution is 9.10. The summed E-state index contributed by atoms with van der Waals surface area (Å²) >= 11 is 3.21. The van der Waals surface area contributed by atoms with Crippen LogP contribution in [0.25, 0.3) is 0 Å². The summed E-state index contributed by atoms with van der Waals surface area (Å²) in [6, 6.07) is 4.18. The van der Waals surface area contributed by atoms with Gasteiger partial charge in [-0.15, -0.1) is 0 Å². The van der Waals surface area contributed by atoms with E-state index >= 15 is 0 Å². The van der Waals surface area contributed by atoms with E-state index in [0.29, 0.717) is 10.0 Å². The molecular weight excluding hydrogens is 327 g/mol. The fourth-order valence-corrected chi connectivity index (χ4v) is 2.32. The molecule has 0 heterocycles. The van der Waals surface area contributed by atoms with Gasteiger partial charge in [0.05, 0.1) is 6.10 Å². The summed E-state index contributed by atoms with van der Waals surface area (Å²) in [6.07, 6.45) is -0.591. The maximum absolute atomic E-state index is 13.2. The lowest BCUT2D eigenvalue weighted by Gasteiger charge is -2.28. The quantitative estimate of drug-likeness (QED) is 0.861. The van der Waals surface area contributed by atoms with Crippen molar-refractivity contribution >= 4 is 22.0 Å². The zero-order chi connectivity index (χ0) is 15.3. The van der Waals surface area contributed by atoms with E-state index in [0.717, 1.165) is 0 Å². The Labute approximate surface area is 127 Å². The number of urea groups is 1. The van der Waals surface area contributed by atoms with Crippen LogP contribution in [-0.4, -0.2) is 34.7 Å². The fraction of sp³-hybridized carbons (Fsp3) is 0.500. The molecule has 6 heteroatoms. The lowest BCUT2D eigenvalue weighted by Crippen LogP contribution is -2.46. The van der Waals surface area contributed by atoms with Gasteiger partial charge < -0.3 is 15.3 Å². The molecule has 112 valence electrons. The number of carbonyl (C=O) groups excluding carboxylic acids is 1. The standard InChI is InChI=1S/C14H20BrFN2O2/c1-9(2)18(8-10(3)19)14(20)17-7-11-4-12(15)6-13(16)5-11/h4-6,9-10,19H,7-8H2,1-3H3,(H,17,20)/t10-/m0/s1. The number of aliphatic hydroxyl groups is 1. The average molecular weight is 347 g/mol. The molecule has 0 aliphatic heterocycles. The molecule has 2 N–H and O–H groups in total. The number of carbonyl (C=O) groups is 1. The first kappa shape index (κ1) is 16.9. The number of hydrogen-bond acceptors (Lipinski definition) is 2. The lowest BCUT2D eigenvalue weighted by atomic mass is 10.2. The summed E-state index contributed by atoms with van der Waals surface area (Å²) in [4.78, 5) is 13.6. The minimum Gasteiger partial charge on any atom is -0.392 e. The second kappa shape index (κ2) is 7.59. The van der Waals surface area contributed by atoms with Crippen molar-refractivity contribution in [3.05, 3.63) is 34.1 Å². The van der Waals surface area contributed by atoms with Gasteiger partial charge in [-0.2, -0.15) is 0 Å². The minimum absolute atomic E-state index is 0.0242. The first-order valence-electron chi connectivity index (χ1n) is 6.47. The number of aliphatic hydroxyl groups excluding tert-OH is 1. The van der Waals surface area contributed by atoms with E-state index in [4.69, 9.17) is 0 Å². The van der Waals surface area contributed by atoms with Gasteiger partial charge in [0.2, 0.25) is 0 Å². The van der Waals surface area contributed by atoms with Crippen LogP contribution in [0.15, 0.2) is 22.7 Å². The Kier molecular flexibility index (Phi) is 6.42. The summed E-state index contributed by atoms with van der Waals surface area (Å²) in [7, 11) is 0. The molecule has 0 saturated carbocycles. The number of nitrogens with one attached hydrogen (secondary N) is 1. The summed E-state index contributed by atoms with van der Waals surface area (Å²) in [5.41, 5.74) is 0.672. The predicted molar refractivity (Wildman–Crippen MR) is 79.9 cm³/mol. The van der Waals surface area contributed by atoms with Crippen LogP contribution in [-0.2, 0) is 6.54 Å². The van der Waals surface area contributed by atoms with Crippen molar-refractivity contribution in [3.63, 3.8) is 0 Å². The van der Waals surface area contributed by atoms with Gasteiger partial charge in [0.25, 0.3) is 0 Å². The van der Waals surface area contributed by atoms with Gasteiger partial charge in [0, 0.05) is 23.6 Å². The molecule has 1 aromatic rings. The molecule has 0 aromatic heterocycles. The highest BCUT2D eigenvalue weighted by Crippen LogP contribution is 2.14.